The normalized spacial score (nSPS) is 14.7. The first kappa shape index (κ1) is 10.6. The molecular weight excluding hydrogens is 210 g/mol. The molecule has 0 aliphatic heterocycles. The Kier molecular flexibility index (Phi) is 2.38. The largest absolute Gasteiger partial charge is 0.502 e. The van der Waals surface area contributed by atoms with Crippen LogP contribution in [0.2, 0.25) is 0 Å². The van der Waals surface area contributed by atoms with Gasteiger partial charge >= 0.3 is 5.69 Å². The Bertz CT molecular complexity index is 493. The van der Waals surface area contributed by atoms with Gasteiger partial charge in [-0.25, -0.2) is 0 Å². The molecule has 0 unspecified atom stereocenters. The Morgan fingerprint density at radius 3 is 2.75 bits per heavy atom. The summed E-state index contributed by atoms with van der Waals surface area (Å²) in [5.41, 5.74) is 0.848. The van der Waals surface area contributed by atoms with Crippen molar-refractivity contribution in [2.24, 2.45) is 0 Å². The van der Waals surface area contributed by atoms with Crippen LogP contribution in [0.5, 0.6) is 5.75 Å². The molecule has 1 aliphatic rings. The number of Topliss-reactive ketones (excluding diaryl/α,β-unsaturated/α-hetero) is 1. The molecule has 0 fully saturated rings. The molecule has 0 heterocycles. The Morgan fingerprint density at radius 1 is 1.44 bits per heavy atom. The van der Waals surface area contributed by atoms with Crippen LogP contribution < -0.4 is 0 Å². The quantitative estimate of drug-likeness (QED) is 0.581. The number of hydrogen-bond donors (Lipinski definition) is 1. The van der Waals surface area contributed by atoms with Crippen LogP contribution in [0.4, 0.5) is 5.69 Å². The summed E-state index contributed by atoms with van der Waals surface area (Å²) in [6.07, 6.45) is 1.51. The van der Waals surface area contributed by atoms with Gasteiger partial charge in [0, 0.05) is 17.5 Å². The highest BCUT2D eigenvalue weighted by Gasteiger charge is 2.29. The van der Waals surface area contributed by atoms with Gasteiger partial charge in [-0.3, -0.25) is 14.9 Å². The molecule has 1 aliphatic carbocycles. The summed E-state index contributed by atoms with van der Waals surface area (Å²) in [5, 5.41) is 20.5. The van der Waals surface area contributed by atoms with Crippen LogP contribution in [0.3, 0.4) is 0 Å². The standard InChI is InChI=1S/C11H11NO4/c1-6-5-8-7(3-2-4-9(8)13)10(11(6)14)12(15)16/h5,14H,2-4H2,1H3. The zero-order valence-corrected chi connectivity index (χ0v) is 8.82. The highest BCUT2D eigenvalue weighted by atomic mass is 16.6. The van der Waals surface area contributed by atoms with E-state index in [2.05, 4.69) is 0 Å². The van der Waals surface area contributed by atoms with E-state index in [0.29, 0.717) is 36.0 Å². The van der Waals surface area contributed by atoms with Crippen molar-refractivity contribution in [3.8, 4) is 5.75 Å². The molecule has 0 aromatic heterocycles. The van der Waals surface area contributed by atoms with E-state index in [-0.39, 0.29) is 17.2 Å². The number of aromatic hydroxyl groups is 1. The van der Waals surface area contributed by atoms with Crippen LogP contribution in [0.15, 0.2) is 6.07 Å². The third kappa shape index (κ3) is 1.44. The van der Waals surface area contributed by atoms with E-state index in [4.69, 9.17) is 0 Å². The molecule has 0 atom stereocenters. The second-order valence-electron chi connectivity index (χ2n) is 3.95. The van der Waals surface area contributed by atoms with Crippen LogP contribution in [0.1, 0.15) is 34.3 Å². The van der Waals surface area contributed by atoms with E-state index >= 15 is 0 Å². The minimum Gasteiger partial charge on any atom is -0.502 e. The van der Waals surface area contributed by atoms with Crippen LogP contribution >= 0.6 is 0 Å². The van der Waals surface area contributed by atoms with E-state index in [0.717, 1.165) is 0 Å². The van der Waals surface area contributed by atoms with Crippen molar-refractivity contribution in [2.45, 2.75) is 26.2 Å². The number of benzene rings is 1. The fourth-order valence-electron chi connectivity index (χ4n) is 2.09. The minimum absolute atomic E-state index is 0.0764. The number of aryl methyl sites for hydroxylation is 1. The Labute approximate surface area is 91.9 Å². The Morgan fingerprint density at radius 2 is 2.12 bits per heavy atom. The highest BCUT2D eigenvalue weighted by molar-refractivity contribution is 6.00. The lowest BCUT2D eigenvalue weighted by atomic mass is 9.87. The molecule has 0 radical (unpaired) electrons. The van der Waals surface area contributed by atoms with Crippen molar-refractivity contribution in [2.75, 3.05) is 0 Å². The summed E-state index contributed by atoms with van der Waals surface area (Å²) >= 11 is 0. The number of nitro groups is 1. The SMILES string of the molecule is Cc1cc2c(c([N+](=O)[O-])c1O)CCCC2=O. The van der Waals surface area contributed by atoms with Crippen molar-refractivity contribution in [3.63, 3.8) is 0 Å². The predicted molar refractivity (Wildman–Crippen MR) is 56.8 cm³/mol. The number of phenolic OH excluding ortho intramolecular Hbond substituents is 1. The van der Waals surface area contributed by atoms with Gasteiger partial charge in [-0.05, 0) is 31.4 Å². The molecule has 0 spiro atoms. The van der Waals surface area contributed by atoms with Crippen molar-refractivity contribution in [1.82, 2.24) is 0 Å². The van der Waals surface area contributed by atoms with Gasteiger partial charge in [-0.15, -0.1) is 0 Å². The molecule has 16 heavy (non-hydrogen) atoms. The molecule has 1 aromatic rings. The van der Waals surface area contributed by atoms with Crippen LogP contribution in [0.25, 0.3) is 0 Å². The number of nitrogens with zero attached hydrogens (tertiary/aromatic N) is 1. The number of phenols is 1. The molecule has 5 heteroatoms. The molecule has 1 aromatic carbocycles. The number of fused-ring (bicyclic) bond motifs is 1. The molecule has 0 bridgehead atoms. The lowest BCUT2D eigenvalue weighted by molar-refractivity contribution is -0.386. The molecular formula is C11H11NO4. The molecule has 5 nitrogen and oxygen atoms in total. The Balaban J connectivity index is 2.76. The highest BCUT2D eigenvalue weighted by Crippen LogP contribution is 2.38. The van der Waals surface area contributed by atoms with Crippen LogP contribution in [0, 0.1) is 17.0 Å². The van der Waals surface area contributed by atoms with Gasteiger partial charge < -0.3 is 5.11 Å². The lowest BCUT2D eigenvalue weighted by Crippen LogP contribution is -2.13. The Hall–Kier alpha value is -1.91. The van der Waals surface area contributed by atoms with Crippen molar-refractivity contribution in [1.29, 1.82) is 0 Å². The average Bonchev–Trinajstić information content (AvgIpc) is 2.21. The first-order valence-electron chi connectivity index (χ1n) is 5.05. The predicted octanol–water partition coefficient (Wildman–Crippen LogP) is 2.13. The van der Waals surface area contributed by atoms with E-state index < -0.39 is 4.92 Å². The third-order valence-corrected chi connectivity index (χ3v) is 2.88. The summed E-state index contributed by atoms with van der Waals surface area (Å²) in [4.78, 5) is 21.9. The van der Waals surface area contributed by atoms with Gasteiger partial charge in [0.1, 0.15) is 0 Å². The van der Waals surface area contributed by atoms with Crippen molar-refractivity contribution >= 4 is 11.5 Å². The molecule has 0 saturated heterocycles. The number of nitro benzene ring substituents is 1. The summed E-state index contributed by atoms with van der Waals surface area (Å²) in [6, 6.07) is 1.54. The molecule has 0 amide bonds. The fourth-order valence-corrected chi connectivity index (χ4v) is 2.09. The lowest BCUT2D eigenvalue weighted by Gasteiger charge is -2.16. The summed E-state index contributed by atoms with van der Waals surface area (Å²) < 4.78 is 0. The van der Waals surface area contributed by atoms with Crippen LogP contribution in [-0.2, 0) is 6.42 Å². The molecule has 2 rings (SSSR count). The topological polar surface area (TPSA) is 80.4 Å². The second-order valence-corrected chi connectivity index (χ2v) is 3.95. The average molecular weight is 221 g/mol. The van der Waals surface area contributed by atoms with Crippen molar-refractivity contribution < 1.29 is 14.8 Å². The molecule has 1 N–H and O–H groups in total. The maximum absolute atomic E-state index is 11.6. The first-order chi connectivity index (χ1) is 7.52. The third-order valence-electron chi connectivity index (χ3n) is 2.88. The number of rotatable bonds is 1. The van der Waals surface area contributed by atoms with Crippen molar-refractivity contribution in [3.05, 3.63) is 32.9 Å². The van der Waals surface area contributed by atoms with E-state index in [1.165, 1.54) is 0 Å². The van der Waals surface area contributed by atoms with E-state index in [1.54, 1.807) is 13.0 Å². The maximum Gasteiger partial charge on any atom is 0.314 e. The second kappa shape index (κ2) is 3.59. The first-order valence-corrected chi connectivity index (χ1v) is 5.05. The number of carbonyl (C=O) groups excluding carboxylic acids is 1. The molecule has 84 valence electrons. The fraction of sp³-hybridized carbons (Fsp3) is 0.364. The van der Waals surface area contributed by atoms with Gasteiger partial charge in [0.15, 0.2) is 11.5 Å². The summed E-state index contributed by atoms with van der Waals surface area (Å²) in [6.45, 7) is 1.56. The summed E-state index contributed by atoms with van der Waals surface area (Å²) in [7, 11) is 0. The summed E-state index contributed by atoms with van der Waals surface area (Å²) in [5.74, 6) is -0.397. The maximum atomic E-state index is 11.6. The van der Waals surface area contributed by atoms with Gasteiger partial charge in [0.25, 0.3) is 0 Å². The van der Waals surface area contributed by atoms with E-state index in [9.17, 15) is 20.0 Å². The smallest absolute Gasteiger partial charge is 0.314 e. The number of hydrogen-bond acceptors (Lipinski definition) is 4. The zero-order chi connectivity index (χ0) is 11.9. The van der Waals surface area contributed by atoms with E-state index in [1.807, 2.05) is 0 Å². The van der Waals surface area contributed by atoms with Crippen LogP contribution in [-0.4, -0.2) is 15.8 Å². The molecule has 0 saturated carbocycles. The minimum atomic E-state index is -0.611. The van der Waals surface area contributed by atoms with Gasteiger partial charge in [-0.1, -0.05) is 0 Å². The monoisotopic (exact) mass is 221 g/mol. The van der Waals surface area contributed by atoms with Gasteiger partial charge in [0.05, 0.1) is 4.92 Å². The van der Waals surface area contributed by atoms with Gasteiger partial charge in [-0.2, -0.15) is 0 Å². The van der Waals surface area contributed by atoms with Gasteiger partial charge in [0.2, 0.25) is 0 Å². The number of ketones is 1. The number of carbonyl (C=O) groups is 1. The zero-order valence-electron chi connectivity index (χ0n) is 8.82.